The second kappa shape index (κ2) is 13.8. The maximum atomic E-state index is 12.7. The van der Waals surface area contributed by atoms with Crippen molar-refractivity contribution in [2.45, 2.75) is 78.0 Å². The number of halogens is 1. The van der Waals surface area contributed by atoms with Crippen molar-refractivity contribution in [3.63, 3.8) is 0 Å². The SMILES string of the molecule is CC.CCOC(=O)C(C)(C)Cc1c(SC(C)(C)C)ccc(O)cccn1Cc1ccc(Br)cc1. The van der Waals surface area contributed by atoms with Crippen molar-refractivity contribution in [3.8, 4) is 5.75 Å². The van der Waals surface area contributed by atoms with Crippen molar-refractivity contribution in [1.29, 1.82) is 0 Å². The van der Waals surface area contributed by atoms with Crippen LogP contribution < -0.4 is 0 Å². The Morgan fingerprint density at radius 2 is 1.65 bits per heavy atom. The average molecular weight is 551 g/mol. The first-order valence-corrected chi connectivity index (χ1v) is 13.4. The summed E-state index contributed by atoms with van der Waals surface area (Å²) in [4.78, 5) is 13.8. The van der Waals surface area contributed by atoms with Gasteiger partial charge in [0.2, 0.25) is 0 Å². The molecule has 1 heterocycles. The monoisotopic (exact) mass is 549 g/mol. The molecule has 0 amide bonds. The molecule has 0 saturated carbocycles. The van der Waals surface area contributed by atoms with Crippen LogP contribution >= 0.6 is 27.7 Å². The molecule has 4 nitrogen and oxygen atoms in total. The number of nitrogens with zero attached hydrogens (tertiary/aromatic N) is 1. The van der Waals surface area contributed by atoms with E-state index in [1.54, 1.807) is 23.9 Å². The van der Waals surface area contributed by atoms with Crippen LogP contribution in [0, 0.1) is 5.41 Å². The van der Waals surface area contributed by atoms with Gasteiger partial charge in [-0.25, -0.2) is 0 Å². The van der Waals surface area contributed by atoms with E-state index in [4.69, 9.17) is 4.74 Å². The Hall–Kier alpha value is -1.92. The van der Waals surface area contributed by atoms with Crippen molar-refractivity contribution in [3.05, 3.63) is 70.5 Å². The predicted octanol–water partition coefficient (Wildman–Crippen LogP) is 8.18. The molecule has 34 heavy (non-hydrogen) atoms. The molecule has 0 aliphatic heterocycles. The smallest absolute Gasteiger partial charge is 0.311 e. The van der Waals surface area contributed by atoms with Gasteiger partial charge in [-0.3, -0.25) is 4.79 Å². The summed E-state index contributed by atoms with van der Waals surface area (Å²) in [6, 6.07) is 15.4. The summed E-state index contributed by atoms with van der Waals surface area (Å²) < 4.78 is 8.51. The van der Waals surface area contributed by atoms with E-state index in [1.165, 1.54) is 0 Å². The fraction of sp³-hybridized carbons (Fsp3) is 0.464. The van der Waals surface area contributed by atoms with Crippen LogP contribution in [0.5, 0.6) is 5.75 Å². The number of thioether (sulfide) groups is 1. The number of hydrogen-bond acceptors (Lipinski definition) is 4. The van der Waals surface area contributed by atoms with Crippen LogP contribution in [0.1, 0.15) is 66.6 Å². The summed E-state index contributed by atoms with van der Waals surface area (Å²) in [5.74, 6) is -0.0345. The highest BCUT2D eigenvalue weighted by atomic mass is 79.9. The summed E-state index contributed by atoms with van der Waals surface area (Å²) in [5.41, 5.74) is 1.44. The normalized spacial score (nSPS) is 11.2. The second-order valence-electron chi connectivity index (χ2n) is 9.33. The lowest BCUT2D eigenvalue weighted by molar-refractivity contribution is -0.153. The van der Waals surface area contributed by atoms with Crippen molar-refractivity contribution in [2.24, 2.45) is 5.41 Å². The quantitative estimate of drug-likeness (QED) is 0.279. The molecule has 0 aliphatic carbocycles. The highest BCUT2D eigenvalue weighted by Gasteiger charge is 2.32. The molecule has 0 atom stereocenters. The van der Waals surface area contributed by atoms with E-state index in [1.807, 2.05) is 65.1 Å². The van der Waals surface area contributed by atoms with Gasteiger partial charge in [0.1, 0.15) is 5.75 Å². The van der Waals surface area contributed by atoms with Gasteiger partial charge in [0.25, 0.3) is 0 Å². The number of carbonyl (C=O) groups is 1. The molecule has 6 heteroatoms. The minimum Gasteiger partial charge on any atom is -0.508 e. The number of aromatic hydroxyl groups is 1. The Kier molecular flexibility index (Phi) is 12.3. The van der Waals surface area contributed by atoms with Crippen LogP contribution in [-0.2, 0) is 22.5 Å². The summed E-state index contributed by atoms with van der Waals surface area (Å²) >= 11 is 5.22. The highest BCUT2D eigenvalue weighted by molar-refractivity contribution is 9.10. The van der Waals surface area contributed by atoms with Gasteiger partial charge in [0, 0.05) is 39.0 Å². The largest absolute Gasteiger partial charge is 0.508 e. The van der Waals surface area contributed by atoms with E-state index < -0.39 is 5.41 Å². The molecule has 0 saturated heterocycles. The van der Waals surface area contributed by atoms with Gasteiger partial charge < -0.3 is 14.4 Å². The first kappa shape index (κ1) is 30.1. The highest BCUT2D eigenvalue weighted by Crippen LogP contribution is 2.37. The van der Waals surface area contributed by atoms with Gasteiger partial charge in [0.05, 0.1) is 12.0 Å². The molecule has 1 aromatic carbocycles. The molecule has 0 spiro atoms. The van der Waals surface area contributed by atoms with Crippen LogP contribution in [0.4, 0.5) is 0 Å². The van der Waals surface area contributed by atoms with Crippen molar-refractivity contribution < 1.29 is 14.6 Å². The van der Waals surface area contributed by atoms with Gasteiger partial charge in [-0.05, 0) is 62.7 Å². The molecular formula is C28H40BrNO3S. The lowest BCUT2D eigenvalue weighted by Crippen LogP contribution is -2.30. The number of benzene rings is 1. The molecule has 0 radical (unpaired) electrons. The maximum Gasteiger partial charge on any atom is 0.311 e. The van der Waals surface area contributed by atoms with E-state index in [0.29, 0.717) is 19.6 Å². The van der Waals surface area contributed by atoms with E-state index in [0.717, 1.165) is 20.6 Å². The molecule has 1 N–H and O–H groups in total. The lowest BCUT2D eigenvalue weighted by atomic mass is 9.87. The van der Waals surface area contributed by atoms with Crippen molar-refractivity contribution >= 4 is 33.7 Å². The van der Waals surface area contributed by atoms with Gasteiger partial charge >= 0.3 is 5.97 Å². The number of rotatable bonds is 7. The zero-order valence-electron chi connectivity index (χ0n) is 21.8. The first-order valence-electron chi connectivity index (χ1n) is 11.8. The Bertz CT molecular complexity index is 974. The van der Waals surface area contributed by atoms with Crippen molar-refractivity contribution in [1.82, 2.24) is 4.57 Å². The second-order valence-corrected chi connectivity index (χ2v) is 12.1. The number of aromatic nitrogens is 1. The Morgan fingerprint density at radius 1 is 1.03 bits per heavy atom. The molecule has 0 aliphatic rings. The first-order chi connectivity index (χ1) is 15.9. The standard InChI is InChI=1S/C26H34BrNO3S.C2H6/c1-7-31-24(30)26(5,6)17-22-23(32-25(2,3)4)15-14-21(29)9-8-16-28(22)18-19-10-12-20(27)13-11-19;1-2/h8-16,29H,7,17-18H2,1-6H3;1-2H3. The summed E-state index contributed by atoms with van der Waals surface area (Å²) in [6.07, 6.45) is 2.46. The van der Waals surface area contributed by atoms with Crippen LogP contribution in [0.3, 0.4) is 0 Å². The Balaban J connectivity index is 0.00000281. The number of carbonyl (C=O) groups excluding carboxylic acids is 1. The fourth-order valence-corrected chi connectivity index (χ4v) is 4.52. The zero-order chi connectivity index (χ0) is 25.9. The molecule has 0 unspecified atom stereocenters. The van der Waals surface area contributed by atoms with Crippen LogP contribution in [0.2, 0.25) is 0 Å². The third kappa shape index (κ3) is 10.1. The molecule has 188 valence electrons. The van der Waals surface area contributed by atoms with Crippen molar-refractivity contribution in [2.75, 3.05) is 6.61 Å². The summed E-state index contributed by atoms with van der Waals surface area (Å²) in [7, 11) is 0. The lowest BCUT2D eigenvalue weighted by Gasteiger charge is -2.27. The number of esters is 1. The topological polar surface area (TPSA) is 51.5 Å². The van der Waals surface area contributed by atoms with Crippen LogP contribution in [-0.4, -0.2) is 27.0 Å². The number of ether oxygens (including phenoxy) is 1. The Labute approximate surface area is 218 Å². The van der Waals surface area contributed by atoms with Gasteiger partial charge in [-0.2, -0.15) is 0 Å². The van der Waals surface area contributed by atoms with Gasteiger partial charge in [-0.15, -0.1) is 11.8 Å². The van der Waals surface area contributed by atoms with Crippen LogP contribution in [0.25, 0.3) is 0 Å². The molecular weight excluding hydrogens is 510 g/mol. The third-order valence-electron chi connectivity index (χ3n) is 4.69. The van der Waals surface area contributed by atoms with Gasteiger partial charge in [-0.1, -0.05) is 62.7 Å². The minimum atomic E-state index is -0.710. The van der Waals surface area contributed by atoms with E-state index in [-0.39, 0.29) is 16.5 Å². The van der Waals surface area contributed by atoms with Gasteiger partial charge in [0.15, 0.2) is 0 Å². The van der Waals surface area contributed by atoms with Crippen LogP contribution in [0.15, 0.2) is 64.1 Å². The molecule has 1 aromatic heterocycles. The van der Waals surface area contributed by atoms with E-state index in [2.05, 4.69) is 53.4 Å². The summed E-state index contributed by atoms with van der Waals surface area (Å²) in [6.45, 7) is 17.1. The van der Waals surface area contributed by atoms with E-state index in [9.17, 15) is 9.90 Å². The fourth-order valence-electron chi connectivity index (χ4n) is 3.15. The summed E-state index contributed by atoms with van der Waals surface area (Å²) in [5, 5.41) is 10.2. The molecule has 2 aromatic rings. The maximum absolute atomic E-state index is 12.7. The predicted molar refractivity (Wildman–Crippen MR) is 148 cm³/mol. The zero-order valence-corrected chi connectivity index (χ0v) is 24.2. The third-order valence-corrected chi connectivity index (χ3v) is 6.42. The average Bonchev–Trinajstić information content (AvgIpc) is 2.82. The Morgan fingerprint density at radius 3 is 2.21 bits per heavy atom. The van der Waals surface area contributed by atoms with E-state index >= 15 is 0 Å². The minimum absolute atomic E-state index is 0.0562. The molecule has 0 fully saturated rings. The molecule has 0 bridgehead atoms. The number of hydrogen-bond donors (Lipinski definition) is 1. The molecule has 2 rings (SSSR count).